The molecule has 0 aliphatic rings. The smallest absolute Gasteiger partial charge is 0.222 e. The molecule has 2 heterocycles. The van der Waals surface area contributed by atoms with Gasteiger partial charge < -0.3 is 5.32 Å². The van der Waals surface area contributed by atoms with Crippen LogP contribution in [-0.4, -0.2) is 31.5 Å². The van der Waals surface area contributed by atoms with E-state index in [1.165, 1.54) is 0 Å². The monoisotopic (exact) mass is 218 g/mol. The average Bonchev–Trinajstić information content (AvgIpc) is 2.77. The lowest BCUT2D eigenvalue weighted by Gasteiger charge is -2.04. The second kappa shape index (κ2) is 5.20. The summed E-state index contributed by atoms with van der Waals surface area (Å²) in [7, 11) is 0. The number of nitrogens with one attached hydrogen (secondary N) is 1. The Kier molecular flexibility index (Phi) is 3.42. The lowest BCUT2D eigenvalue weighted by Crippen LogP contribution is -2.09. The molecule has 0 aliphatic heterocycles. The van der Waals surface area contributed by atoms with Gasteiger partial charge >= 0.3 is 0 Å². The Labute approximate surface area is 93.7 Å². The summed E-state index contributed by atoms with van der Waals surface area (Å²) in [5.74, 6) is 0.679. The first-order chi connectivity index (χ1) is 7.84. The third-order valence-corrected chi connectivity index (χ3v) is 2.11. The SMILES string of the molecule is Cc1ccnc(NCCCn2ccnn2)n1. The fourth-order valence-corrected chi connectivity index (χ4v) is 1.33. The maximum absolute atomic E-state index is 4.25. The maximum atomic E-state index is 4.25. The Morgan fingerprint density at radius 3 is 3.06 bits per heavy atom. The molecule has 2 aromatic rings. The summed E-state index contributed by atoms with van der Waals surface area (Å²) in [5, 5.41) is 10.8. The molecule has 84 valence electrons. The highest BCUT2D eigenvalue weighted by atomic mass is 15.4. The van der Waals surface area contributed by atoms with Crippen LogP contribution in [0.25, 0.3) is 0 Å². The number of anilines is 1. The molecule has 0 unspecified atom stereocenters. The highest BCUT2D eigenvalue weighted by Gasteiger charge is 1.95. The molecule has 0 atom stereocenters. The van der Waals surface area contributed by atoms with Gasteiger partial charge in [0.1, 0.15) is 0 Å². The van der Waals surface area contributed by atoms with Crippen molar-refractivity contribution in [1.29, 1.82) is 0 Å². The predicted molar refractivity (Wildman–Crippen MR) is 59.9 cm³/mol. The number of hydrogen-bond donors (Lipinski definition) is 1. The van der Waals surface area contributed by atoms with Gasteiger partial charge in [0.15, 0.2) is 0 Å². The van der Waals surface area contributed by atoms with Gasteiger partial charge in [0, 0.05) is 31.2 Å². The molecular weight excluding hydrogens is 204 g/mol. The summed E-state index contributed by atoms with van der Waals surface area (Å²) < 4.78 is 1.80. The fraction of sp³-hybridized carbons (Fsp3) is 0.400. The van der Waals surface area contributed by atoms with Gasteiger partial charge in [-0.2, -0.15) is 0 Å². The molecule has 0 amide bonds. The number of aromatic nitrogens is 5. The van der Waals surface area contributed by atoms with E-state index in [1.54, 1.807) is 17.1 Å². The molecular formula is C10H14N6. The molecule has 2 aromatic heterocycles. The number of rotatable bonds is 5. The van der Waals surface area contributed by atoms with Gasteiger partial charge in [0.25, 0.3) is 0 Å². The van der Waals surface area contributed by atoms with E-state index in [0.717, 1.165) is 25.2 Å². The average molecular weight is 218 g/mol. The Balaban J connectivity index is 1.72. The van der Waals surface area contributed by atoms with E-state index >= 15 is 0 Å². The van der Waals surface area contributed by atoms with E-state index in [0.29, 0.717) is 5.95 Å². The summed E-state index contributed by atoms with van der Waals surface area (Å²) in [6, 6.07) is 1.88. The van der Waals surface area contributed by atoms with Gasteiger partial charge in [-0.25, -0.2) is 9.97 Å². The molecule has 0 saturated carbocycles. The molecule has 0 radical (unpaired) electrons. The molecule has 0 saturated heterocycles. The van der Waals surface area contributed by atoms with Crippen LogP contribution in [0.3, 0.4) is 0 Å². The van der Waals surface area contributed by atoms with Crippen LogP contribution in [-0.2, 0) is 6.54 Å². The van der Waals surface area contributed by atoms with Gasteiger partial charge in [-0.15, -0.1) is 5.10 Å². The molecule has 0 fully saturated rings. The van der Waals surface area contributed by atoms with E-state index in [2.05, 4.69) is 25.6 Å². The topological polar surface area (TPSA) is 68.5 Å². The number of nitrogens with zero attached hydrogens (tertiary/aromatic N) is 5. The zero-order chi connectivity index (χ0) is 11.2. The minimum atomic E-state index is 0.679. The molecule has 16 heavy (non-hydrogen) atoms. The lowest BCUT2D eigenvalue weighted by atomic mass is 10.4. The van der Waals surface area contributed by atoms with Gasteiger partial charge in [-0.05, 0) is 19.4 Å². The van der Waals surface area contributed by atoms with E-state index in [-0.39, 0.29) is 0 Å². The van der Waals surface area contributed by atoms with Crippen molar-refractivity contribution in [2.24, 2.45) is 0 Å². The normalized spacial score (nSPS) is 10.3. The van der Waals surface area contributed by atoms with Crippen LogP contribution in [0.5, 0.6) is 0 Å². The molecule has 0 aromatic carbocycles. The minimum Gasteiger partial charge on any atom is -0.354 e. The summed E-state index contributed by atoms with van der Waals surface area (Å²) in [5.41, 5.74) is 0.966. The first-order valence-electron chi connectivity index (χ1n) is 5.22. The third-order valence-electron chi connectivity index (χ3n) is 2.11. The summed E-state index contributed by atoms with van der Waals surface area (Å²) >= 11 is 0. The second-order valence-electron chi connectivity index (χ2n) is 3.47. The molecule has 0 bridgehead atoms. The van der Waals surface area contributed by atoms with Crippen LogP contribution < -0.4 is 5.32 Å². The molecule has 6 heteroatoms. The summed E-state index contributed by atoms with van der Waals surface area (Å²) in [4.78, 5) is 8.37. The van der Waals surface area contributed by atoms with Gasteiger partial charge in [0.2, 0.25) is 5.95 Å². The van der Waals surface area contributed by atoms with Crippen molar-refractivity contribution in [2.45, 2.75) is 19.9 Å². The Hall–Kier alpha value is -1.98. The quantitative estimate of drug-likeness (QED) is 0.754. The number of hydrogen-bond acceptors (Lipinski definition) is 5. The van der Waals surface area contributed by atoms with Gasteiger partial charge in [0.05, 0.1) is 6.20 Å². The van der Waals surface area contributed by atoms with Crippen molar-refractivity contribution in [2.75, 3.05) is 11.9 Å². The van der Waals surface area contributed by atoms with Crippen molar-refractivity contribution in [3.8, 4) is 0 Å². The highest BCUT2D eigenvalue weighted by molar-refractivity contribution is 5.24. The summed E-state index contributed by atoms with van der Waals surface area (Å²) in [6.45, 7) is 3.62. The Morgan fingerprint density at radius 1 is 1.38 bits per heavy atom. The van der Waals surface area contributed by atoms with E-state index < -0.39 is 0 Å². The van der Waals surface area contributed by atoms with Crippen LogP contribution in [0.2, 0.25) is 0 Å². The predicted octanol–water partition coefficient (Wildman–Crippen LogP) is 0.879. The van der Waals surface area contributed by atoms with Crippen LogP contribution >= 0.6 is 0 Å². The van der Waals surface area contributed by atoms with E-state index in [1.807, 2.05) is 19.2 Å². The van der Waals surface area contributed by atoms with Crippen LogP contribution in [0.15, 0.2) is 24.7 Å². The third kappa shape index (κ3) is 3.01. The molecule has 1 N–H and O–H groups in total. The summed E-state index contributed by atoms with van der Waals surface area (Å²) in [6.07, 6.45) is 6.24. The highest BCUT2D eigenvalue weighted by Crippen LogP contribution is 1.98. The molecule has 6 nitrogen and oxygen atoms in total. The van der Waals surface area contributed by atoms with Gasteiger partial charge in [-0.1, -0.05) is 5.21 Å². The first-order valence-corrected chi connectivity index (χ1v) is 5.22. The number of aryl methyl sites for hydroxylation is 2. The van der Waals surface area contributed by atoms with Crippen molar-refractivity contribution in [3.63, 3.8) is 0 Å². The standard InChI is InChI=1S/C10H14N6/c1-9-3-5-12-10(14-9)11-4-2-7-16-8-6-13-15-16/h3,5-6,8H,2,4,7H2,1H3,(H,11,12,14). The van der Waals surface area contributed by atoms with Crippen molar-refractivity contribution < 1.29 is 0 Å². The van der Waals surface area contributed by atoms with Crippen LogP contribution in [0.4, 0.5) is 5.95 Å². The van der Waals surface area contributed by atoms with Crippen LogP contribution in [0.1, 0.15) is 12.1 Å². The molecule has 2 rings (SSSR count). The van der Waals surface area contributed by atoms with Crippen LogP contribution in [0, 0.1) is 6.92 Å². The Morgan fingerprint density at radius 2 is 2.31 bits per heavy atom. The molecule has 0 aliphatic carbocycles. The zero-order valence-electron chi connectivity index (χ0n) is 9.17. The largest absolute Gasteiger partial charge is 0.354 e. The first kappa shape index (κ1) is 10.5. The van der Waals surface area contributed by atoms with Crippen molar-refractivity contribution in [1.82, 2.24) is 25.0 Å². The van der Waals surface area contributed by atoms with Crippen molar-refractivity contribution in [3.05, 3.63) is 30.4 Å². The lowest BCUT2D eigenvalue weighted by molar-refractivity contribution is 0.569. The minimum absolute atomic E-state index is 0.679. The Bertz CT molecular complexity index is 425. The fourth-order valence-electron chi connectivity index (χ4n) is 1.33. The maximum Gasteiger partial charge on any atom is 0.222 e. The van der Waals surface area contributed by atoms with E-state index in [9.17, 15) is 0 Å². The van der Waals surface area contributed by atoms with Gasteiger partial charge in [-0.3, -0.25) is 4.68 Å². The van der Waals surface area contributed by atoms with Crippen molar-refractivity contribution >= 4 is 5.95 Å². The second-order valence-corrected chi connectivity index (χ2v) is 3.47. The zero-order valence-corrected chi connectivity index (χ0v) is 9.17. The molecule has 0 spiro atoms. The van der Waals surface area contributed by atoms with E-state index in [4.69, 9.17) is 0 Å².